The first-order valence-corrected chi connectivity index (χ1v) is 4.31. The number of benzene rings is 1. The summed E-state index contributed by atoms with van der Waals surface area (Å²) in [6, 6.07) is 5.59. The van der Waals surface area contributed by atoms with Crippen molar-refractivity contribution in [1.82, 2.24) is 9.71 Å². The molecule has 1 N–H and O–H groups in total. The van der Waals surface area contributed by atoms with Crippen LogP contribution in [0.3, 0.4) is 0 Å². The predicted molar refractivity (Wildman–Crippen MR) is 49.4 cm³/mol. The van der Waals surface area contributed by atoms with Crippen LogP contribution in [0.1, 0.15) is 5.82 Å². The second-order valence-corrected chi connectivity index (χ2v) is 3.52. The molecule has 2 aromatic rings. The van der Waals surface area contributed by atoms with Crippen LogP contribution in [0.25, 0.3) is 11.0 Å². The van der Waals surface area contributed by atoms with E-state index in [1.54, 1.807) is 6.92 Å². The lowest BCUT2D eigenvalue weighted by molar-refractivity contribution is 0.191. The van der Waals surface area contributed by atoms with Gasteiger partial charge in [-0.1, -0.05) is 15.9 Å². The highest BCUT2D eigenvalue weighted by molar-refractivity contribution is 9.10. The van der Waals surface area contributed by atoms with E-state index in [0.29, 0.717) is 5.82 Å². The molecule has 0 aliphatic rings. The summed E-state index contributed by atoms with van der Waals surface area (Å²) in [6.45, 7) is 1.76. The summed E-state index contributed by atoms with van der Waals surface area (Å²) in [5.74, 6) is 0.600. The van der Waals surface area contributed by atoms with Crippen molar-refractivity contribution in [1.29, 1.82) is 0 Å². The molecule has 0 radical (unpaired) electrons. The highest BCUT2D eigenvalue weighted by Crippen LogP contribution is 2.19. The molecule has 3 nitrogen and oxygen atoms in total. The molecule has 2 rings (SSSR count). The van der Waals surface area contributed by atoms with Gasteiger partial charge in [-0.25, -0.2) is 4.98 Å². The van der Waals surface area contributed by atoms with E-state index in [-0.39, 0.29) is 0 Å². The van der Waals surface area contributed by atoms with Crippen LogP contribution < -0.4 is 0 Å². The molecule has 0 spiro atoms. The van der Waals surface area contributed by atoms with Gasteiger partial charge in [0.05, 0.1) is 5.52 Å². The Bertz CT molecular complexity index is 436. The Morgan fingerprint density at radius 1 is 1.50 bits per heavy atom. The van der Waals surface area contributed by atoms with Crippen LogP contribution >= 0.6 is 15.9 Å². The first kappa shape index (κ1) is 7.61. The Hall–Kier alpha value is -1.03. The Balaban J connectivity index is 2.88. The van der Waals surface area contributed by atoms with Crippen LogP contribution in [0.15, 0.2) is 22.7 Å². The lowest BCUT2D eigenvalue weighted by Crippen LogP contribution is -1.91. The van der Waals surface area contributed by atoms with Gasteiger partial charge in [0.15, 0.2) is 0 Å². The molecule has 1 aromatic heterocycles. The van der Waals surface area contributed by atoms with Crippen LogP contribution in [-0.2, 0) is 0 Å². The van der Waals surface area contributed by atoms with Gasteiger partial charge in [0.25, 0.3) is 0 Å². The minimum absolute atomic E-state index is 0.600. The number of imidazole rings is 1. The van der Waals surface area contributed by atoms with E-state index in [1.807, 2.05) is 18.2 Å². The van der Waals surface area contributed by atoms with E-state index in [2.05, 4.69) is 20.9 Å². The number of hydrogen-bond donors (Lipinski definition) is 1. The van der Waals surface area contributed by atoms with Crippen LogP contribution in [0, 0.1) is 6.92 Å². The van der Waals surface area contributed by atoms with Crippen molar-refractivity contribution < 1.29 is 5.21 Å². The van der Waals surface area contributed by atoms with Gasteiger partial charge in [0, 0.05) is 4.47 Å². The lowest BCUT2D eigenvalue weighted by Gasteiger charge is -1.94. The van der Waals surface area contributed by atoms with Gasteiger partial charge in [-0.2, -0.15) is 4.73 Å². The molecule has 0 fully saturated rings. The molecule has 0 atom stereocenters. The number of rotatable bonds is 0. The molecule has 0 aliphatic heterocycles. The number of fused-ring (bicyclic) bond motifs is 1. The molecule has 1 heterocycles. The molecule has 12 heavy (non-hydrogen) atoms. The number of halogens is 1. The predicted octanol–water partition coefficient (Wildman–Crippen LogP) is 2.34. The average Bonchev–Trinajstić information content (AvgIpc) is 2.31. The zero-order valence-corrected chi connectivity index (χ0v) is 8.04. The third-order valence-corrected chi connectivity index (χ3v) is 2.25. The minimum Gasteiger partial charge on any atom is -0.427 e. The zero-order chi connectivity index (χ0) is 8.72. The largest absolute Gasteiger partial charge is 0.427 e. The molecule has 0 amide bonds. The van der Waals surface area contributed by atoms with Gasteiger partial charge in [-0.3, -0.25) is 0 Å². The summed E-state index contributed by atoms with van der Waals surface area (Å²) in [5.41, 5.74) is 1.53. The Labute approximate surface area is 77.7 Å². The maximum Gasteiger partial charge on any atom is 0.142 e. The van der Waals surface area contributed by atoms with Gasteiger partial charge in [0.1, 0.15) is 11.3 Å². The van der Waals surface area contributed by atoms with Gasteiger partial charge in [-0.05, 0) is 25.1 Å². The van der Waals surface area contributed by atoms with Crippen molar-refractivity contribution in [3.05, 3.63) is 28.5 Å². The smallest absolute Gasteiger partial charge is 0.142 e. The highest BCUT2D eigenvalue weighted by Gasteiger charge is 2.04. The first-order valence-electron chi connectivity index (χ1n) is 3.52. The second-order valence-electron chi connectivity index (χ2n) is 2.60. The SMILES string of the molecule is Cc1nc2ccc(Br)cc2n1O. The van der Waals surface area contributed by atoms with Crippen molar-refractivity contribution in [3.8, 4) is 0 Å². The zero-order valence-electron chi connectivity index (χ0n) is 6.45. The summed E-state index contributed by atoms with van der Waals surface area (Å²) in [6.07, 6.45) is 0. The fraction of sp³-hybridized carbons (Fsp3) is 0.125. The van der Waals surface area contributed by atoms with Crippen molar-refractivity contribution in [2.75, 3.05) is 0 Å². The lowest BCUT2D eigenvalue weighted by atomic mass is 10.3. The number of nitrogens with zero attached hydrogens (tertiary/aromatic N) is 2. The molecule has 0 unspecified atom stereocenters. The van der Waals surface area contributed by atoms with E-state index < -0.39 is 0 Å². The second kappa shape index (κ2) is 2.48. The number of hydrogen-bond acceptors (Lipinski definition) is 2. The maximum absolute atomic E-state index is 9.46. The first-order chi connectivity index (χ1) is 5.68. The highest BCUT2D eigenvalue weighted by atomic mass is 79.9. The molecular weight excluding hydrogens is 220 g/mol. The van der Waals surface area contributed by atoms with Crippen LogP contribution in [-0.4, -0.2) is 14.9 Å². The fourth-order valence-corrected chi connectivity index (χ4v) is 1.51. The minimum atomic E-state index is 0.600. The number of aromatic nitrogens is 2. The van der Waals surface area contributed by atoms with E-state index in [4.69, 9.17) is 0 Å². The Morgan fingerprint density at radius 3 is 3.00 bits per heavy atom. The molecule has 1 aromatic carbocycles. The normalized spacial score (nSPS) is 10.8. The summed E-state index contributed by atoms with van der Waals surface area (Å²) >= 11 is 3.32. The molecule has 0 aliphatic carbocycles. The van der Waals surface area contributed by atoms with Crippen molar-refractivity contribution in [2.24, 2.45) is 0 Å². The molecule has 4 heteroatoms. The van der Waals surface area contributed by atoms with Gasteiger partial charge in [0.2, 0.25) is 0 Å². The van der Waals surface area contributed by atoms with Gasteiger partial charge in [-0.15, -0.1) is 0 Å². The summed E-state index contributed by atoms with van der Waals surface area (Å²) in [4.78, 5) is 4.15. The molecule has 62 valence electrons. The third kappa shape index (κ3) is 0.992. The average molecular weight is 227 g/mol. The fourth-order valence-electron chi connectivity index (χ4n) is 1.16. The molecular formula is C8H7BrN2O. The van der Waals surface area contributed by atoms with E-state index in [1.165, 1.54) is 0 Å². The van der Waals surface area contributed by atoms with Crippen molar-refractivity contribution in [2.45, 2.75) is 6.92 Å². The van der Waals surface area contributed by atoms with Crippen LogP contribution in [0.4, 0.5) is 0 Å². The molecule has 0 saturated carbocycles. The Kier molecular flexibility index (Phi) is 1.58. The van der Waals surface area contributed by atoms with Crippen LogP contribution in [0.5, 0.6) is 0 Å². The maximum atomic E-state index is 9.46. The van der Waals surface area contributed by atoms with Crippen molar-refractivity contribution >= 4 is 27.0 Å². The Morgan fingerprint density at radius 2 is 2.25 bits per heavy atom. The summed E-state index contributed by atoms with van der Waals surface area (Å²) in [5, 5.41) is 9.46. The third-order valence-electron chi connectivity index (χ3n) is 1.75. The molecule has 0 saturated heterocycles. The van der Waals surface area contributed by atoms with E-state index in [0.717, 1.165) is 20.2 Å². The molecule has 0 bridgehead atoms. The van der Waals surface area contributed by atoms with Gasteiger partial charge < -0.3 is 5.21 Å². The summed E-state index contributed by atoms with van der Waals surface area (Å²) < 4.78 is 2.02. The monoisotopic (exact) mass is 226 g/mol. The summed E-state index contributed by atoms with van der Waals surface area (Å²) in [7, 11) is 0. The van der Waals surface area contributed by atoms with E-state index in [9.17, 15) is 5.21 Å². The number of aryl methyl sites for hydroxylation is 1. The topological polar surface area (TPSA) is 38.0 Å². The quantitative estimate of drug-likeness (QED) is 0.701. The van der Waals surface area contributed by atoms with Crippen LogP contribution in [0.2, 0.25) is 0 Å². The standard InChI is InChI=1S/C8H7BrN2O/c1-5-10-7-3-2-6(9)4-8(7)11(5)12/h2-4,12H,1H3. The van der Waals surface area contributed by atoms with E-state index >= 15 is 0 Å². The van der Waals surface area contributed by atoms with Crippen molar-refractivity contribution in [3.63, 3.8) is 0 Å². The van der Waals surface area contributed by atoms with Gasteiger partial charge >= 0.3 is 0 Å².